The summed E-state index contributed by atoms with van der Waals surface area (Å²) < 4.78 is 38.8. The van der Waals surface area contributed by atoms with Gasteiger partial charge in [-0.25, -0.2) is 17.5 Å². The van der Waals surface area contributed by atoms with E-state index in [4.69, 9.17) is 5.11 Å². The number of benzene rings is 1. The normalized spacial score (nSPS) is 13.2. The second kappa shape index (κ2) is 6.04. The molecule has 0 heterocycles. The van der Waals surface area contributed by atoms with Crippen molar-refractivity contribution in [2.45, 2.75) is 11.8 Å². The molecule has 1 unspecified atom stereocenters. The minimum Gasteiger partial charge on any atom is -0.396 e. The average Bonchev–Trinajstić information content (AvgIpc) is 2.35. The summed E-state index contributed by atoms with van der Waals surface area (Å²) in [6.07, 6.45) is 0. The van der Waals surface area contributed by atoms with E-state index < -0.39 is 31.3 Å². The molecule has 0 aliphatic carbocycles. The van der Waals surface area contributed by atoms with Crippen molar-refractivity contribution >= 4 is 15.7 Å². The summed E-state index contributed by atoms with van der Waals surface area (Å²) in [5, 5.41) is 19.5. The third-order valence-corrected chi connectivity index (χ3v) is 3.81. The quantitative estimate of drug-likeness (QED) is 0.590. The van der Waals surface area contributed by atoms with Gasteiger partial charge in [-0.1, -0.05) is 6.92 Å². The van der Waals surface area contributed by atoms with Crippen LogP contribution in [0.25, 0.3) is 0 Å². The van der Waals surface area contributed by atoms with Crippen molar-refractivity contribution in [2.24, 2.45) is 5.92 Å². The SMILES string of the molecule is CC(CO)CNS(=O)(=O)c1ccc(F)cc1[N+](=O)[O-]. The first kappa shape index (κ1) is 15.5. The van der Waals surface area contributed by atoms with Crippen LogP contribution in [-0.4, -0.2) is 31.6 Å². The van der Waals surface area contributed by atoms with Gasteiger partial charge in [0.05, 0.1) is 11.0 Å². The Morgan fingerprint density at radius 2 is 2.16 bits per heavy atom. The molecule has 0 bridgehead atoms. The Bertz CT molecular complexity index is 575. The molecule has 1 atom stereocenters. The second-order valence-electron chi connectivity index (χ2n) is 4.01. The van der Waals surface area contributed by atoms with Crippen molar-refractivity contribution in [2.75, 3.05) is 13.2 Å². The summed E-state index contributed by atoms with van der Waals surface area (Å²) in [7, 11) is -4.13. The Morgan fingerprint density at radius 1 is 1.53 bits per heavy atom. The van der Waals surface area contributed by atoms with Gasteiger partial charge in [0.15, 0.2) is 4.90 Å². The molecule has 0 saturated carbocycles. The lowest BCUT2D eigenvalue weighted by Crippen LogP contribution is -2.30. The molecule has 106 valence electrons. The number of hydrogen-bond donors (Lipinski definition) is 2. The number of nitrogens with one attached hydrogen (secondary N) is 1. The molecule has 1 rings (SSSR count). The highest BCUT2D eigenvalue weighted by Crippen LogP contribution is 2.24. The van der Waals surface area contributed by atoms with E-state index >= 15 is 0 Å². The van der Waals surface area contributed by atoms with Crippen molar-refractivity contribution in [3.8, 4) is 0 Å². The van der Waals surface area contributed by atoms with Gasteiger partial charge < -0.3 is 5.11 Å². The van der Waals surface area contributed by atoms with Gasteiger partial charge in [0, 0.05) is 13.2 Å². The van der Waals surface area contributed by atoms with Crippen molar-refractivity contribution in [3.05, 3.63) is 34.1 Å². The number of aliphatic hydroxyl groups is 1. The summed E-state index contributed by atoms with van der Waals surface area (Å²) in [5.74, 6) is -1.23. The minimum absolute atomic E-state index is 0.0760. The minimum atomic E-state index is -4.13. The zero-order valence-corrected chi connectivity index (χ0v) is 10.9. The highest BCUT2D eigenvalue weighted by Gasteiger charge is 2.26. The van der Waals surface area contributed by atoms with Crippen LogP contribution in [0.3, 0.4) is 0 Å². The van der Waals surface area contributed by atoms with Gasteiger partial charge in [-0.2, -0.15) is 0 Å². The molecule has 0 spiro atoms. The van der Waals surface area contributed by atoms with Crippen LogP contribution in [0.15, 0.2) is 23.1 Å². The lowest BCUT2D eigenvalue weighted by Gasteiger charge is -2.10. The molecule has 1 aromatic rings. The fourth-order valence-corrected chi connectivity index (χ4v) is 2.57. The lowest BCUT2D eigenvalue weighted by atomic mass is 10.2. The number of nitro groups is 1. The zero-order chi connectivity index (χ0) is 14.6. The number of hydrogen-bond acceptors (Lipinski definition) is 5. The summed E-state index contributed by atoms with van der Waals surface area (Å²) in [4.78, 5) is 9.15. The molecule has 0 radical (unpaired) electrons. The first-order chi connectivity index (χ1) is 8.77. The number of rotatable bonds is 6. The Morgan fingerprint density at radius 3 is 2.68 bits per heavy atom. The standard InChI is InChI=1S/C10H13FN2O5S/c1-7(6-14)5-12-19(17,18)10-3-2-8(11)4-9(10)13(15)16/h2-4,7,12,14H,5-6H2,1H3. The van der Waals surface area contributed by atoms with E-state index in [0.717, 1.165) is 12.1 Å². The van der Waals surface area contributed by atoms with E-state index in [1.165, 1.54) is 0 Å². The number of halogens is 1. The topological polar surface area (TPSA) is 110 Å². The summed E-state index contributed by atoms with van der Waals surface area (Å²) in [5.41, 5.74) is -0.829. The molecule has 0 aliphatic rings. The highest BCUT2D eigenvalue weighted by molar-refractivity contribution is 7.89. The predicted octanol–water partition coefficient (Wildman–Crippen LogP) is 0.641. The Labute approximate surface area is 109 Å². The van der Waals surface area contributed by atoms with Crippen LogP contribution in [0.5, 0.6) is 0 Å². The molecule has 19 heavy (non-hydrogen) atoms. The third kappa shape index (κ3) is 3.94. The molecule has 1 aromatic carbocycles. The van der Waals surface area contributed by atoms with Crippen LogP contribution in [0.1, 0.15) is 6.92 Å². The van der Waals surface area contributed by atoms with Crippen molar-refractivity contribution < 1.29 is 22.8 Å². The van der Waals surface area contributed by atoms with Gasteiger partial charge in [0.25, 0.3) is 5.69 Å². The number of nitrogens with zero attached hydrogens (tertiary/aromatic N) is 1. The second-order valence-corrected chi connectivity index (χ2v) is 5.74. The maximum atomic E-state index is 12.9. The predicted molar refractivity (Wildman–Crippen MR) is 64.5 cm³/mol. The number of sulfonamides is 1. The van der Waals surface area contributed by atoms with Gasteiger partial charge in [-0.05, 0) is 18.1 Å². The third-order valence-electron chi connectivity index (χ3n) is 2.34. The summed E-state index contributed by atoms with van der Waals surface area (Å²) >= 11 is 0. The first-order valence-electron chi connectivity index (χ1n) is 5.32. The Hall–Kier alpha value is -1.58. The molecular formula is C10H13FN2O5S. The van der Waals surface area contributed by atoms with E-state index in [-0.39, 0.29) is 19.1 Å². The fourth-order valence-electron chi connectivity index (χ4n) is 1.25. The van der Waals surface area contributed by atoms with Crippen molar-refractivity contribution in [3.63, 3.8) is 0 Å². The number of aliphatic hydroxyl groups excluding tert-OH is 1. The highest BCUT2D eigenvalue weighted by atomic mass is 32.2. The van der Waals surface area contributed by atoms with Crippen LogP contribution in [-0.2, 0) is 10.0 Å². The average molecular weight is 292 g/mol. The van der Waals surface area contributed by atoms with Crippen molar-refractivity contribution in [1.29, 1.82) is 0 Å². The first-order valence-corrected chi connectivity index (χ1v) is 6.80. The van der Waals surface area contributed by atoms with Crippen LogP contribution >= 0.6 is 0 Å². The summed E-state index contributed by atoms with van der Waals surface area (Å²) in [6.45, 7) is 1.29. The van der Waals surface area contributed by atoms with Gasteiger partial charge in [-0.15, -0.1) is 0 Å². The largest absolute Gasteiger partial charge is 0.396 e. The van der Waals surface area contributed by atoms with Gasteiger partial charge in [-0.3, -0.25) is 10.1 Å². The monoisotopic (exact) mass is 292 g/mol. The maximum Gasteiger partial charge on any atom is 0.292 e. The van der Waals surface area contributed by atoms with Gasteiger partial charge in [0.1, 0.15) is 5.82 Å². The molecule has 0 aromatic heterocycles. The molecular weight excluding hydrogens is 279 g/mol. The van der Waals surface area contributed by atoms with E-state index in [1.54, 1.807) is 6.92 Å². The number of nitro benzene ring substituents is 1. The van der Waals surface area contributed by atoms with Gasteiger partial charge >= 0.3 is 0 Å². The Balaban J connectivity index is 3.11. The molecule has 9 heteroatoms. The molecule has 0 aliphatic heterocycles. The van der Waals surface area contributed by atoms with Gasteiger partial charge in [0.2, 0.25) is 10.0 Å². The van der Waals surface area contributed by atoms with Crippen molar-refractivity contribution in [1.82, 2.24) is 4.72 Å². The molecule has 7 nitrogen and oxygen atoms in total. The van der Waals surface area contributed by atoms with E-state index in [1.807, 2.05) is 0 Å². The molecule has 2 N–H and O–H groups in total. The van der Waals surface area contributed by atoms with Crippen LogP contribution < -0.4 is 4.72 Å². The fraction of sp³-hybridized carbons (Fsp3) is 0.400. The van der Waals surface area contributed by atoms with E-state index in [2.05, 4.69) is 4.72 Å². The smallest absolute Gasteiger partial charge is 0.292 e. The Kier molecular flexibility index (Phi) is 4.92. The van der Waals surface area contributed by atoms with E-state index in [9.17, 15) is 22.9 Å². The van der Waals surface area contributed by atoms with Crippen LogP contribution in [0, 0.1) is 21.8 Å². The van der Waals surface area contributed by atoms with Crippen LogP contribution in [0.2, 0.25) is 0 Å². The zero-order valence-electron chi connectivity index (χ0n) is 10.0. The van der Waals surface area contributed by atoms with Crippen LogP contribution in [0.4, 0.5) is 10.1 Å². The molecule has 0 saturated heterocycles. The molecule has 0 fully saturated rings. The lowest BCUT2D eigenvalue weighted by molar-refractivity contribution is -0.388. The maximum absolute atomic E-state index is 12.9. The van der Waals surface area contributed by atoms with E-state index in [0.29, 0.717) is 6.07 Å². The molecule has 0 amide bonds. The summed E-state index contributed by atoms with van der Waals surface area (Å²) in [6, 6.07) is 2.21.